The summed E-state index contributed by atoms with van der Waals surface area (Å²) in [6, 6.07) is 8.60. The number of hydrogen-bond acceptors (Lipinski definition) is 7. The van der Waals surface area contributed by atoms with Gasteiger partial charge in [0.2, 0.25) is 11.8 Å². The second-order valence-corrected chi connectivity index (χ2v) is 11.2. The van der Waals surface area contributed by atoms with Crippen molar-refractivity contribution in [3.8, 4) is 11.1 Å². The molecule has 0 aliphatic carbocycles. The van der Waals surface area contributed by atoms with E-state index in [-0.39, 0.29) is 24.5 Å². The number of nitrogens with zero attached hydrogens (tertiary/aromatic N) is 3. The van der Waals surface area contributed by atoms with Crippen LogP contribution in [0.15, 0.2) is 30.5 Å². The number of thiophene rings is 1. The topological polar surface area (TPSA) is 85.8 Å². The van der Waals surface area contributed by atoms with Crippen LogP contribution in [0.2, 0.25) is 5.02 Å². The molecule has 2 atom stereocenters. The Labute approximate surface area is 212 Å². The van der Waals surface area contributed by atoms with Crippen LogP contribution in [0.5, 0.6) is 0 Å². The van der Waals surface area contributed by atoms with Crippen LogP contribution in [0.25, 0.3) is 21.3 Å². The maximum Gasteiger partial charge on any atom is 0.230 e. The van der Waals surface area contributed by atoms with Crippen LogP contribution >= 0.6 is 22.9 Å². The Balaban J connectivity index is 1.43. The summed E-state index contributed by atoms with van der Waals surface area (Å²) in [6.45, 7) is 2.26. The van der Waals surface area contributed by atoms with E-state index in [2.05, 4.69) is 21.3 Å². The quantitative estimate of drug-likeness (QED) is 0.509. The number of likely N-dealkylation sites (tertiary alicyclic amines) is 1. The SMILES string of the molecule is O=C1CCC(=O)N1Cc1cc2nccc(-c3cc(Cl)cc4c3N([C@H]3CN[C@@H](CO)C3)CCC4)c2s1. The van der Waals surface area contributed by atoms with E-state index in [0.29, 0.717) is 30.5 Å². The molecule has 0 radical (unpaired) electrons. The Morgan fingerprint density at radius 2 is 1.97 bits per heavy atom. The number of benzene rings is 1. The van der Waals surface area contributed by atoms with E-state index in [0.717, 1.165) is 58.6 Å². The molecule has 5 heterocycles. The van der Waals surface area contributed by atoms with E-state index < -0.39 is 0 Å². The molecule has 9 heteroatoms. The number of anilines is 1. The summed E-state index contributed by atoms with van der Waals surface area (Å²) < 4.78 is 1.04. The minimum absolute atomic E-state index is 0.105. The van der Waals surface area contributed by atoms with Crippen molar-refractivity contribution < 1.29 is 14.7 Å². The standard InChI is InChI=1S/C26H27ClN4O3S/c27-16-8-15-2-1-7-30(18-10-17(14-32)29-12-18)25(15)21(9-16)20-5-6-28-22-11-19(35-26(20)22)13-31-23(33)3-4-24(31)34/h5-6,8-9,11,17-18,29,32H,1-4,7,10,12-14H2/t17-,18-/m1/s1. The predicted octanol–water partition coefficient (Wildman–Crippen LogP) is 3.74. The average Bonchev–Trinajstić information content (AvgIpc) is 3.58. The normalized spacial score (nSPS) is 22.5. The van der Waals surface area contributed by atoms with Gasteiger partial charge < -0.3 is 15.3 Å². The minimum atomic E-state index is -0.105. The first-order chi connectivity index (χ1) is 17.0. The highest BCUT2D eigenvalue weighted by molar-refractivity contribution is 7.19. The van der Waals surface area contributed by atoms with Crippen molar-refractivity contribution in [1.29, 1.82) is 0 Å². The molecule has 2 saturated heterocycles. The molecule has 3 aromatic rings. The molecular formula is C26H27ClN4O3S. The number of aliphatic hydroxyl groups is 1. The number of fused-ring (bicyclic) bond motifs is 2. The lowest BCUT2D eigenvalue weighted by molar-refractivity contribution is -0.138. The number of carbonyl (C=O) groups excluding carboxylic acids is 2. The smallest absolute Gasteiger partial charge is 0.230 e. The van der Waals surface area contributed by atoms with Gasteiger partial charge in [-0.1, -0.05) is 11.6 Å². The summed E-state index contributed by atoms with van der Waals surface area (Å²) >= 11 is 8.22. The van der Waals surface area contributed by atoms with E-state index in [1.54, 1.807) is 11.3 Å². The second kappa shape index (κ2) is 9.17. The minimum Gasteiger partial charge on any atom is -0.395 e. The van der Waals surface area contributed by atoms with Crippen molar-refractivity contribution in [2.45, 2.75) is 50.7 Å². The molecular weight excluding hydrogens is 484 g/mol. The molecule has 2 amide bonds. The zero-order valence-electron chi connectivity index (χ0n) is 19.3. The van der Waals surface area contributed by atoms with Crippen LogP contribution in [0.3, 0.4) is 0 Å². The molecule has 182 valence electrons. The monoisotopic (exact) mass is 510 g/mol. The van der Waals surface area contributed by atoms with Gasteiger partial charge in [0.15, 0.2) is 0 Å². The van der Waals surface area contributed by atoms with E-state index >= 15 is 0 Å². The number of aryl methyl sites for hydroxylation is 1. The molecule has 0 bridgehead atoms. The van der Waals surface area contributed by atoms with Crippen molar-refractivity contribution in [2.75, 3.05) is 24.6 Å². The zero-order valence-corrected chi connectivity index (χ0v) is 20.9. The third kappa shape index (κ3) is 4.12. The molecule has 0 unspecified atom stereocenters. The maximum atomic E-state index is 12.2. The lowest BCUT2D eigenvalue weighted by atomic mass is 9.92. The molecule has 6 rings (SSSR count). The van der Waals surface area contributed by atoms with E-state index in [4.69, 9.17) is 11.6 Å². The van der Waals surface area contributed by atoms with E-state index in [9.17, 15) is 14.7 Å². The predicted molar refractivity (Wildman–Crippen MR) is 138 cm³/mol. The highest BCUT2D eigenvalue weighted by atomic mass is 35.5. The van der Waals surface area contributed by atoms with Crippen molar-refractivity contribution in [1.82, 2.24) is 15.2 Å². The van der Waals surface area contributed by atoms with Crippen LogP contribution in [-0.4, -0.2) is 58.6 Å². The van der Waals surface area contributed by atoms with Crippen molar-refractivity contribution in [2.24, 2.45) is 0 Å². The lowest BCUT2D eigenvalue weighted by Crippen LogP contribution is -2.40. The number of pyridine rings is 1. The molecule has 2 fully saturated rings. The molecule has 0 spiro atoms. The summed E-state index contributed by atoms with van der Waals surface area (Å²) in [5.74, 6) is -0.210. The summed E-state index contributed by atoms with van der Waals surface area (Å²) in [4.78, 5) is 33.7. The molecule has 3 aliphatic rings. The van der Waals surface area contributed by atoms with Gasteiger partial charge in [-0.3, -0.25) is 19.5 Å². The molecule has 2 N–H and O–H groups in total. The van der Waals surface area contributed by atoms with Gasteiger partial charge in [-0.15, -0.1) is 11.3 Å². The summed E-state index contributed by atoms with van der Waals surface area (Å²) in [5.41, 5.74) is 5.49. The van der Waals surface area contributed by atoms with Gasteiger partial charge in [-0.25, -0.2) is 0 Å². The fraction of sp³-hybridized carbons (Fsp3) is 0.423. The fourth-order valence-electron chi connectivity index (χ4n) is 5.71. The number of halogens is 1. The Bertz CT molecular complexity index is 1310. The third-order valence-corrected chi connectivity index (χ3v) is 8.73. The molecule has 2 aromatic heterocycles. The number of hydrogen-bond donors (Lipinski definition) is 2. The Kier molecular flexibility index (Phi) is 6.00. The third-order valence-electron chi connectivity index (χ3n) is 7.37. The molecule has 7 nitrogen and oxygen atoms in total. The number of imide groups is 1. The van der Waals surface area contributed by atoms with E-state index in [1.165, 1.54) is 16.2 Å². The van der Waals surface area contributed by atoms with Gasteiger partial charge in [-0.05, 0) is 49.1 Å². The Morgan fingerprint density at radius 3 is 2.74 bits per heavy atom. The Hall–Kier alpha value is -2.52. The van der Waals surface area contributed by atoms with Gasteiger partial charge in [0.25, 0.3) is 0 Å². The average molecular weight is 511 g/mol. The van der Waals surface area contributed by atoms with Gasteiger partial charge in [0, 0.05) is 70.9 Å². The first-order valence-electron chi connectivity index (χ1n) is 12.2. The summed E-state index contributed by atoms with van der Waals surface area (Å²) in [5, 5.41) is 13.8. The Morgan fingerprint density at radius 1 is 1.14 bits per heavy atom. The summed E-state index contributed by atoms with van der Waals surface area (Å²) in [7, 11) is 0. The largest absolute Gasteiger partial charge is 0.395 e. The number of aromatic nitrogens is 1. The highest BCUT2D eigenvalue weighted by Gasteiger charge is 2.33. The molecule has 35 heavy (non-hydrogen) atoms. The lowest BCUT2D eigenvalue weighted by Gasteiger charge is -2.38. The maximum absolute atomic E-state index is 12.2. The van der Waals surface area contributed by atoms with Crippen molar-refractivity contribution >= 4 is 50.7 Å². The van der Waals surface area contributed by atoms with Crippen LogP contribution < -0.4 is 10.2 Å². The van der Waals surface area contributed by atoms with E-state index in [1.807, 2.05) is 24.4 Å². The highest BCUT2D eigenvalue weighted by Crippen LogP contribution is 2.45. The number of carbonyl (C=O) groups is 2. The van der Waals surface area contributed by atoms with Crippen molar-refractivity contribution in [3.63, 3.8) is 0 Å². The zero-order chi connectivity index (χ0) is 24.1. The second-order valence-electron chi connectivity index (χ2n) is 9.59. The first kappa shape index (κ1) is 22.9. The van der Waals surface area contributed by atoms with Gasteiger partial charge >= 0.3 is 0 Å². The molecule has 3 aliphatic heterocycles. The number of amides is 2. The van der Waals surface area contributed by atoms with Crippen molar-refractivity contribution in [3.05, 3.63) is 45.9 Å². The first-order valence-corrected chi connectivity index (χ1v) is 13.4. The molecule has 0 saturated carbocycles. The number of aliphatic hydroxyl groups excluding tert-OH is 1. The van der Waals surface area contributed by atoms with Crippen LogP contribution in [0, 0.1) is 0 Å². The van der Waals surface area contributed by atoms with Crippen LogP contribution in [0.1, 0.15) is 36.1 Å². The fourth-order valence-corrected chi connectivity index (χ4v) is 7.09. The van der Waals surface area contributed by atoms with Gasteiger partial charge in [0.05, 0.1) is 23.4 Å². The van der Waals surface area contributed by atoms with Crippen LogP contribution in [-0.2, 0) is 22.6 Å². The van der Waals surface area contributed by atoms with Crippen LogP contribution in [0.4, 0.5) is 5.69 Å². The van der Waals surface area contributed by atoms with Gasteiger partial charge in [-0.2, -0.15) is 0 Å². The summed E-state index contributed by atoms with van der Waals surface area (Å²) in [6.07, 6.45) is 5.37. The van der Waals surface area contributed by atoms with Gasteiger partial charge in [0.1, 0.15) is 0 Å². The molecule has 1 aromatic carbocycles. The number of nitrogens with one attached hydrogen (secondary N) is 1. The number of rotatable bonds is 5.